The average molecular weight is 476 g/mol. The topological polar surface area (TPSA) is 80.2 Å². The van der Waals surface area contributed by atoms with Crippen LogP contribution in [-0.2, 0) is 9.59 Å². The second-order valence-corrected chi connectivity index (χ2v) is 9.01. The smallest absolute Gasteiger partial charge is 0.241 e. The van der Waals surface area contributed by atoms with E-state index in [0.717, 1.165) is 11.3 Å². The van der Waals surface area contributed by atoms with Gasteiger partial charge in [-0.1, -0.05) is 55.4 Å². The quantitative estimate of drug-likeness (QED) is 0.575. The van der Waals surface area contributed by atoms with Crippen molar-refractivity contribution in [1.82, 2.24) is 10.3 Å². The minimum absolute atomic E-state index is 0.238. The van der Waals surface area contributed by atoms with Crippen molar-refractivity contribution >= 4 is 40.3 Å². The number of hydrazone groups is 1. The van der Waals surface area contributed by atoms with Gasteiger partial charge in [-0.05, 0) is 41.3 Å². The molecule has 0 aromatic heterocycles. The lowest BCUT2D eigenvalue weighted by Crippen LogP contribution is -2.25. The Morgan fingerprint density at radius 3 is 2.41 bits per heavy atom. The lowest BCUT2D eigenvalue weighted by Gasteiger charge is -2.20. The summed E-state index contributed by atoms with van der Waals surface area (Å²) in [5, 5.41) is 8.49. The van der Waals surface area contributed by atoms with E-state index in [0.29, 0.717) is 35.1 Å². The molecule has 1 aliphatic rings. The normalized spacial score (nSPS) is 15.5. The van der Waals surface area contributed by atoms with E-state index in [4.69, 9.17) is 21.1 Å². The molecule has 0 aliphatic carbocycles. The Morgan fingerprint density at radius 2 is 1.81 bits per heavy atom. The maximum atomic E-state index is 12.0. The summed E-state index contributed by atoms with van der Waals surface area (Å²) in [5.74, 6) is 1.30. The minimum Gasteiger partial charge on any atom is -0.490 e. The SMILES string of the molecule is CC(=O)NC1=NN(C(C)=O)C(c2ccc(OCCOc3ccc(C(C)C)cc3)c(Cl)c2)S1. The molecule has 170 valence electrons. The van der Waals surface area contributed by atoms with Gasteiger partial charge in [-0.15, -0.1) is 5.10 Å². The van der Waals surface area contributed by atoms with E-state index in [1.165, 1.54) is 36.2 Å². The summed E-state index contributed by atoms with van der Waals surface area (Å²) in [5.41, 5.74) is 2.03. The molecule has 1 heterocycles. The predicted octanol–water partition coefficient (Wildman–Crippen LogP) is 4.92. The number of rotatable bonds is 7. The first-order chi connectivity index (χ1) is 15.2. The zero-order chi connectivity index (χ0) is 23.3. The lowest BCUT2D eigenvalue weighted by atomic mass is 10.0. The van der Waals surface area contributed by atoms with Crippen molar-refractivity contribution in [3.63, 3.8) is 0 Å². The number of amides is 2. The Kier molecular flexibility index (Phi) is 8.04. The number of carbonyl (C=O) groups is 2. The van der Waals surface area contributed by atoms with Gasteiger partial charge in [0.1, 0.15) is 30.1 Å². The first kappa shape index (κ1) is 23.9. The van der Waals surface area contributed by atoms with Gasteiger partial charge in [0.05, 0.1) is 5.02 Å². The van der Waals surface area contributed by atoms with E-state index in [1.807, 2.05) is 18.2 Å². The van der Waals surface area contributed by atoms with Crippen molar-refractivity contribution in [2.75, 3.05) is 13.2 Å². The minimum atomic E-state index is -0.418. The number of halogens is 1. The number of thioether (sulfide) groups is 1. The summed E-state index contributed by atoms with van der Waals surface area (Å²) < 4.78 is 11.5. The lowest BCUT2D eigenvalue weighted by molar-refractivity contribution is -0.129. The van der Waals surface area contributed by atoms with Crippen LogP contribution < -0.4 is 14.8 Å². The van der Waals surface area contributed by atoms with Gasteiger partial charge in [0.25, 0.3) is 0 Å². The Morgan fingerprint density at radius 1 is 1.12 bits per heavy atom. The van der Waals surface area contributed by atoms with E-state index in [1.54, 1.807) is 12.1 Å². The number of amidine groups is 1. The molecule has 32 heavy (non-hydrogen) atoms. The van der Waals surface area contributed by atoms with E-state index in [9.17, 15) is 9.59 Å². The maximum Gasteiger partial charge on any atom is 0.241 e. The van der Waals surface area contributed by atoms with Crippen molar-refractivity contribution in [1.29, 1.82) is 0 Å². The number of carbonyl (C=O) groups excluding carboxylic acids is 2. The van der Waals surface area contributed by atoms with Gasteiger partial charge in [0, 0.05) is 13.8 Å². The molecule has 2 aromatic rings. The van der Waals surface area contributed by atoms with E-state index < -0.39 is 5.37 Å². The van der Waals surface area contributed by atoms with Crippen LogP contribution >= 0.6 is 23.4 Å². The van der Waals surface area contributed by atoms with Crippen LogP contribution in [-0.4, -0.2) is 35.2 Å². The summed E-state index contributed by atoms with van der Waals surface area (Å²) in [6.45, 7) is 7.82. The molecule has 0 saturated carbocycles. The summed E-state index contributed by atoms with van der Waals surface area (Å²) in [6, 6.07) is 13.3. The summed E-state index contributed by atoms with van der Waals surface area (Å²) in [6.07, 6.45) is 0. The molecule has 2 aromatic carbocycles. The highest BCUT2D eigenvalue weighted by Crippen LogP contribution is 2.40. The van der Waals surface area contributed by atoms with Crippen LogP contribution in [0.4, 0.5) is 0 Å². The van der Waals surface area contributed by atoms with Crippen molar-refractivity contribution in [2.45, 2.75) is 39.0 Å². The van der Waals surface area contributed by atoms with E-state index in [-0.39, 0.29) is 11.8 Å². The van der Waals surface area contributed by atoms with Gasteiger partial charge in [-0.2, -0.15) is 0 Å². The molecule has 0 spiro atoms. The molecule has 0 saturated heterocycles. The Balaban J connectivity index is 1.56. The Labute approximate surface area is 197 Å². The van der Waals surface area contributed by atoms with Crippen LogP contribution in [0.15, 0.2) is 47.6 Å². The molecule has 1 N–H and O–H groups in total. The largest absolute Gasteiger partial charge is 0.490 e. The molecule has 0 radical (unpaired) electrons. The highest BCUT2D eigenvalue weighted by atomic mass is 35.5. The fourth-order valence-electron chi connectivity index (χ4n) is 3.03. The zero-order valence-electron chi connectivity index (χ0n) is 18.4. The highest BCUT2D eigenvalue weighted by Gasteiger charge is 2.32. The van der Waals surface area contributed by atoms with Crippen LogP contribution in [0.25, 0.3) is 0 Å². The molecule has 0 fully saturated rings. The number of hydrogen-bond acceptors (Lipinski definition) is 6. The van der Waals surface area contributed by atoms with Crippen molar-refractivity contribution in [3.8, 4) is 11.5 Å². The fourth-order valence-corrected chi connectivity index (χ4v) is 4.40. The first-order valence-electron chi connectivity index (χ1n) is 10.2. The van der Waals surface area contributed by atoms with Crippen LogP contribution in [0.1, 0.15) is 50.1 Å². The second-order valence-electron chi connectivity index (χ2n) is 7.53. The van der Waals surface area contributed by atoms with Crippen molar-refractivity contribution in [3.05, 3.63) is 58.6 Å². The highest BCUT2D eigenvalue weighted by molar-refractivity contribution is 8.14. The number of hydrogen-bond donors (Lipinski definition) is 1. The van der Waals surface area contributed by atoms with E-state index in [2.05, 4.69) is 36.4 Å². The summed E-state index contributed by atoms with van der Waals surface area (Å²) in [7, 11) is 0. The number of ether oxygens (including phenoxy) is 2. The zero-order valence-corrected chi connectivity index (χ0v) is 20.0. The standard InChI is InChI=1S/C23H26ClN3O4S/c1-14(2)17-5-8-19(9-6-17)30-11-12-31-21-10-7-18(13-20(21)24)22-27(16(4)29)26-23(32-22)25-15(3)28/h5-10,13-14,22H,11-12H2,1-4H3,(H,25,26,28). The second kappa shape index (κ2) is 10.7. The molecule has 1 aliphatic heterocycles. The maximum absolute atomic E-state index is 12.0. The number of nitrogens with zero attached hydrogens (tertiary/aromatic N) is 2. The van der Waals surface area contributed by atoms with Crippen LogP contribution in [0, 0.1) is 0 Å². The summed E-state index contributed by atoms with van der Waals surface area (Å²) >= 11 is 7.68. The molecule has 1 atom stereocenters. The predicted molar refractivity (Wildman–Crippen MR) is 127 cm³/mol. The summed E-state index contributed by atoms with van der Waals surface area (Å²) in [4.78, 5) is 23.3. The van der Waals surface area contributed by atoms with Gasteiger partial charge in [-0.25, -0.2) is 5.01 Å². The van der Waals surface area contributed by atoms with Crippen LogP contribution in [0.3, 0.4) is 0 Å². The van der Waals surface area contributed by atoms with Crippen molar-refractivity contribution < 1.29 is 19.1 Å². The van der Waals surface area contributed by atoms with Crippen LogP contribution in [0.5, 0.6) is 11.5 Å². The Hall–Kier alpha value is -2.71. The molecule has 9 heteroatoms. The van der Waals surface area contributed by atoms with Gasteiger partial charge in [0.2, 0.25) is 11.8 Å². The number of benzene rings is 2. The first-order valence-corrected chi connectivity index (χ1v) is 11.5. The molecule has 2 amide bonds. The molecule has 7 nitrogen and oxygen atoms in total. The Bertz CT molecular complexity index is 1010. The molecule has 0 bridgehead atoms. The van der Waals surface area contributed by atoms with Gasteiger partial charge in [0.15, 0.2) is 5.17 Å². The number of nitrogens with one attached hydrogen (secondary N) is 1. The monoisotopic (exact) mass is 475 g/mol. The third-order valence-electron chi connectivity index (χ3n) is 4.65. The molecule has 1 unspecified atom stereocenters. The third-order valence-corrected chi connectivity index (χ3v) is 6.04. The van der Waals surface area contributed by atoms with Crippen molar-refractivity contribution in [2.24, 2.45) is 5.10 Å². The fraction of sp³-hybridized carbons (Fsp3) is 0.348. The molecular weight excluding hydrogens is 450 g/mol. The van der Waals surface area contributed by atoms with Gasteiger partial charge >= 0.3 is 0 Å². The van der Waals surface area contributed by atoms with Gasteiger partial charge < -0.3 is 14.8 Å². The molecule has 3 rings (SSSR count). The third kappa shape index (κ3) is 6.17. The van der Waals surface area contributed by atoms with Crippen LogP contribution in [0.2, 0.25) is 5.02 Å². The van der Waals surface area contributed by atoms with Gasteiger partial charge in [-0.3, -0.25) is 9.59 Å². The van der Waals surface area contributed by atoms with E-state index >= 15 is 0 Å². The molecular formula is C23H26ClN3O4S. The average Bonchev–Trinajstić information content (AvgIpc) is 3.16.